The summed E-state index contributed by atoms with van der Waals surface area (Å²) in [6.45, 7) is 0.931. The van der Waals surface area contributed by atoms with Crippen LogP contribution in [0.5, 0.6) is 0 Å². The maximum atomic E-state index is 12.2. The van der Waals surface area contributed by atoms with E-state index in [1.165, 1.54) is 30.5 Å². The molecule has 0 unspecified atom stereocenters. The fourth-order valence-electron chi connectivity index (χ4n) is 3.03. The number of nitrogens with one attached hydrogen (secondary N) is 3. The van der Waals surface area contributed by atoms with Crippen LogP contribution in [0, 0.1) is 5.92 Å². The fraction of sp³-hybridized carbons (Fsp3) is 0.381. The second-order valence-corrected chi connectivity index (χ2v) is 9.41. The van der Waals surface area contributed by atoms with Gasteiger partial charge in [-0.15, -0.1) is 0 Å². The van der Waals surface area contributed by atoms with Crippen molar-refractivity contribution in [2.24, 2.45) is 5.92 Å². The summed E-state index contributed by atoms with van der Waals surface area (Å²) >= 11 is 0. The van der Waals surface area contributed by atoms with Gasteiger partial charge < -0.3 is 10.6 Å². The van der Waals surface area contributed by atoms with Crippen LogP contribution in [0.4, 0.5) is 10.5 Å². The topological polar surface area (TPSA) is 87.3 Å². The molecule has 2 aromatic carbocycles. The lowest BCUT2D eigenvalue weighted by Crippen LogP contribution is -2.28. The number of hydrogen-bond donors (Lipinski definition) is 3. The van der Waals surface area contributed by atoms with E-state index in [1.807, 2.05) is 12.1 Å². The molecule has 28 heavy (non-hydrogen) atoms. The van der Waals surface area contributed by atoms with Crippen LogP contribution in [0.2, 0.25) is 0 Å². The molecule has 7 heteroatoms. The van der Waals surface area contributed by atoms with Gasteiger partial charge in [-0.3, -0.25) is 0 Å². The lowest BCUT2D eigenvalue weighted by atomic mass is 10.1. The highest BCUT2D eigenvalue weighted by atomic mass is 32.2. The predicted molar refractivity (Wildman–Crippen MR) is 109 cm³/mol. The Morgan fingerprint density at radius 1 is 0.929 bits per heavy atom. The summed E-state index contributed by atoms with van der Waals surface area (Å²) in [6.07, 6.45) is 4.73. The van der Waals surface area contributed by atoms with Gasteiger partial charge in [0.25, 0.3) is 0 Å². The third kappa shape index (κ3) is 5.11. The molecule has 2 aliphatic rings. The van der Waals surface area contributed by atoms with Crippen molar-refractivity contribution in [3.63, 3.8) is 0 Å². The van der Waals surface area contributed by atoms with Crippen LogP contribution < -0.4 is 15.4 Å². The summed E-state index contributed by atoms with van der Waals surface area (Å²) in [5.41, 5.74) is 2.96. The van der Waals surface area contributed by atoms with Crippen LogP contribution >= 0.6 is 0 Å². The average Bonchev–Trinajstić information content (AvgIpc) is 3.59. The summed E-state index contributed by atoms with van der Waals surface area (Å²) in [5.74, 6) is 1.20. The Balaban J connectivity index is 1.26. The lowest BCUT2D eigenvalue weighted by molar-refractivity contribution is 0.251. The minimum Gasteiger partial charge on any atom is -0.334 e. The molecule has 148 valence electrons. The van der Waals surface area contributed by atoms with E-state index >= 15 is 0 Å². The van der Waals surface area contributed by atoms with Crippen molar-refractivity contribution in [2.75, 3.05) is 11.9 Å². The highest BCUT2D eigenvalue weighted by Gasteiger charge is 2.24. The van der Waals surface area contributed by atoms with E-state index in [2.05, 4.69) is 27.5 Å². The normalized spacial score (nSPS) is 16.6. The summed E-state index contributed by atoms with van der Waals surface area (Å²) in [7, 11) is -3.49. The Labute approximate surface area is 165 Å². The van der Waals surface area contributed by atoms with E-state index in [-0.39, 0.29) is 10.9 Å². The molecule has 6 nitrogen and oxygen atoms in total. The largest absolute Gasteiger partial charge is 0.334 e. The molecular weight excluding hydrogens is 374 g/mol. The van der Waals surface area contributed by atoms with Crippen molar-refractivity contribution in [1.82, 2.24) is 10.0 Å². The molecule has 2 fully saturated rings. The maximum absolute atomic E-state index is 12.2. The Morgan fingerprint density at radius 2 is 1.61 bits per heavy atom. The molecule has 0 radical (unpaired) electrons. The highest BCUT2D eigenvalue weighted by molar-refractivity contribution is 7.89. The number of amides is 2. The van der Waals surface area contributed by atoms with Crippen molar-refractivity contribution in [3.8, 4) is 0 Å². The van der Waals surface area contributed by atoms with Crippen LogP contribution in [0.25, 0.3) is 0 Å². The van der Waals surface area contributed by atoms with Gasteiger partial charge >= 0.3 is 6.03 Å². The summed E-state index contributed by atoms with van der Waals surface area (Å²) in [5, 5.41) is 5.54. The lowest BCUT2D eigenvalue weighted by Gasteiger charge is -2.10. The van der Waals surface area contributed by atoms with Gasteiger partial charge in [0, 0.05) is 18.8 Å². The minimum absolute atomic E-state index is 0.204. The molecule has 2 amide bonds. The highest BCUT2D eigenvalue weighted by Crippen LogP contribution is 2.39. The zero-order chi connectivity index (χ0) is 19.6. The standard InChI is InChI=1S/C21H25N3O3S/c25-21(22-13-15-3-5-17(6-4-15)18-7-8-18)24-19-9-11-20(12-10-19)28(26,27)23-14-16-1-2-16/h3-6,9-12,16,18,23H,1-2,7-8,13-14H2,(H2,22,24,25). The van der Waals surface area contributed by atoms with E-state index < -0.39 is 10.0 Å². The van der Waals surface area contributed by atoms with Gasteiger partial charge in [0.05, 0.1) is 4.90 Å². The molecule has 0 atom stereocenters. The molecule has 0 saturated heterocycles. The van der Waals surface area contributed by atoms with Crippen molar-refractivity contribution in [1.29, 1.82) is 0 Å². The molecular formula is C21H25N3O3S. The Bertz CT molecular complexity index is 932. The molecule has 2 saturated carbocycles. The smallest absolute Gasteiger partial charge is 0.319 e. The number of carbonyl (C=O) groups is 1. The fourth-order valence-corrected chi connectivity index (χ4v) is 4.15. The van der Waals surface area contributed by atoms with Crippen LogP contribution in [0.1, 0.15) is 42.7 Å². The Hall–Kier alpha value is -2.38. The maximum Gasteiger partial charge on any atom is 0.319 e. The van der Waals surface area contributed by atoms with Crippen LogP contribution in [-0.4, -0.2) is 21.0 Å². The monoisotopic (exact) mass is 399 g/mol. The molecule has 0 bridgehead atoms. The molecule has 2 aromatic rings. The first-order chi connectivity index (χ1) is 13.5. The third-order valence-electron chi connectivity index (χ3n) is 5.16. The van der Waals surface area contributed by atoms with Crippen LogP contribution in [0.15, 0.2) is 53.4 Å². The molecule has 0 aromatic heterocycles. The first kappa shape index (κ1) is 19.0. The second-order valence-electron chi connectivity index (χ2n) is 7.64. The first-order valence-electron chi connectivity index (χ1n) is 9.73. The average molecular weight is 400 g/mol. The van der Waals surface area contributed by atoms with E-state index in [0.29, 0.717) is 24.7 Å². The Morgan fingerprint density at radius 3 is 2.21 bits per heavy atom. The molecule has 0 heterocycles. The molecule has 0 aliphatic heterocycles. The summed E-state index contributed by atoms with van der Waals surface area (Å²) < 4.78 is 27.1. The van der Waals surface area contributed by atoms with Crippen molar-refractivity contribution in [3.05, 3.63) is 59.7 Å². The molecule has 2 aliphatic carbocycles. The van der Waals surface area contributed by atoms with Gasteiger partial charge in [-0.2, -0.15) is 0 Å². The number of rotatable bonds is 8. The SMILES string of the molecule is O=C(NCc1ccc(C2CC2)cc1)Nc1ccc(S(=O)(=O)NCC2CC2)cc1. The van der Waals surface area contributed by atoms with E-state index in [0.717, 1.165) is 24.3 Å². The van der Waals surface area contributed by atoms with Crippen molar-refractivity contribution in [2.45, 2.75) is 43.0 Å². The molecule has 0 spiro atoms. The zero-order valence-corrected chi connectivity index (χ0v) is 16.5. The van der Waals surface area contributed by atoms with Crippen LogP contribution in [0.3, 0.4) is 0 Å². The van der Waals surface area contributed by atoms with E-state index in [9.17, 15) is 13.2 Å². The number of urea groups is 1. The van der Waals surface area contributed by atoms with Crippen molar-refractivity contribution < 1.29 is 13.2 Å². The van der Waals surface area contributed by atoms with Crippen molar-refractivity contribution >= 4 is 21.7 Å². The number of benzene rings is 2. The third-order valence-corrected chi connectivity index (χ3v) is 6.60. The van der Waals surface area contributed by atoms with Crippen LogP contribution in [-0.2, 0) is 16.6 Å². The minimum atomic E-state index is -3.49. The number of hydrogen-bond acceptors (Lipinski definition) is 3. The van der Waals surface area contributed by atoms with Gasteiger partial charge in [-0.05, 0) is 72.9 Å². The quantitative estimate of drug-likeness (QED) is 0.634. The van der Waals surface area contributed by atoms with E-state index in [4.69, 9.17) is 0 Å². The zero-order valence-electron chi connectivity index (χ0n) is 15.6. The van der Waals surface area contributed by atoms with Gasteiger partial charge in [-0.25, -0.2) is 17.9 Å². The number of sulfonamides is 1. The predicted octanol–water partition coefficient (Wildman–Crippen LogP) is 3.57. The first-order valence-corrected chi connectivity index (χ1v) is 11.2. The van der Waals surface area contributed by atoms with Gasteiger partial charge in [0.1, 0.15) is 0 Å². The van der Waals surface area contributed by atoms with E-state index in [1.54, 1.807) is 12.1 Å². The Kier molecular flexibility index (Phi) is 5.37. The molecule has 3 N–H and O–H groups in total. The molecule has 4 rings (SSSR count). The van der Waals surface area contributed by atoms with Gasteiger partial charge in [-0.1, -0.05) is 24.3 Å². The second kappa shape index (κ2) is 7.93. The summed E-state index contributed by atoms with van der Waals surface area (Å²) in [6, 6.07) is 14.2. The number of anilines is 1. The summed E-state index contributed by atoms with van der Waals surface area (Å²) in [4.78, 5) is 12.3. The van der Waals surface area contributed by atoms with Gasteiger partial charge in [0.15, 0.2) is 0 Å². The van der Waals surface area contributed by atoms with Gasteiger partial charge in [0.2, 0.25) is 10.0 Å². The number of carbonyl (C=O) groups excluding carboxylic acids is 1.